The Kier molecular flexibility index (Phi) is 3.69. The number of nitrogens with zero attached hydrogens (tertiary/aromatic N) is 1. The minimum absolute atomic E-state index is 0.614. The second kappa shape index (κ2) is 5.07. The molecule has 0 fully saturated rings. The average Bonchev–Trinajstić information content (AvgIpc) is 2.21. The van der Waals surface area contributed by atoms with Crippen LogP contribution in [0, 0.1) is 13.8 Å². The fourth-order valence-corrected chi connectivity index (χ4v) is 2.43. The van der Waals surface area contributed by atoms with E-state index in [-0.39, 0.29) is 0 Å². The summed E-state index contributed by atoms with van der Waals surface area (Å²) < 4.78 is 0.851. The lowest BCUT2D eigenvalue weighted by Crippen LogP contribution is -1.95. The lowest BCUT2D eigenvalue weighted by molar-refractivity contribution is 1.28. The van der Waals surface area contributed by atoms with Crippen LogP contribution in [0.2, 0.25) is 5.02 Å². The van der Waals surface area contributed by atoms with E-state index in [1.807, 2.05) is 6.07 Å². The summed E-state index contributed by atoms with van der Waals surface area (Å²) in [5.74, 6) is 0.763. The van der Waals surface area contributed by atoms with E-state index in [0.717, 1.165) is 16.0 Å². The molecule has 0 saturated heterocycles. The smallest absolute Gasteiger partial charge is 0.144 e. The molecule has 4 heteroatoms. The van der Waals surface area contributed by atoms with Gasteiger partial charge in [-0.15, -0.1) is 0 Å². The number of aryl methyl sites for hydroxylation is 2. The van der Waals surface area contributed by atoms with Crippen LogP contribution in [0.1, 0.15) is 11.1 Å². The number of hydrogen-bond donors (Lipinski definition) is 1. The summed E-state index contributed by atoms with van der Waals surface area (Å²) in [5, 5.41) is 3.88. The van der Waals surface area contributed by atoms with Crippen LogP contribution in [0.4, 0.5) is 11.5 Å². The maximum Gasteiger partial charge on any atom is 0.144 e. The minimum Gasteiger partial charge on any atom is -0.339 e. The van der Waals surface area contributed by atoms with Crippen molar-refractivity contribution in [2.24, 2.45) is 0 Å². The normalized spacial score (nSPS) is 10.4. The third-order valence-corrected chi connectivity index (χ3v) is 3.10. The average molecular weight is 312 g/mol. The molecule has 0 aliphatic carbocycles. The fourth-order valence-electron chi connectivity index (χ4n) is 1.69. The molecule has 17 heavy (non-hydrogen) atoms. The lowest BCUT2D eigenvalue weighted by Gasteiger charge is -2.09. The second-order valence-electron chi connectivity index (χ2n) is 3.99. The van der Waals surface area contributed by atoms with E-state index in [1.54, 1.807) is 6.20 Å². The molecule has 0 amide bonds. The third-order valence-electron chi connectivity index (χ3n) is 2.29. The molecule has 1 N–H and O–H groups in total. The Bertz CT molecular complexity index is 535. The number of aromatic nitrogens is 1. The lowest BCUT2D eigenvalue weighted by atomic mass is 10.1. The minimum atomic E-state index is 0.614. The molecule has 1 heterocycles. The van der Waals surface area contributed by atoms with Gasteiger partial charge in [0.1, 0.15) is 5.82 Å². The van der Waals surface area contributed by atoms with Crippen LogP contribution in [0.3, 0.4) is 0 Å². The molecule has 0 bridgehead atoms. The molecule has 1 aromatic heterocycles. The molecule has 1 aromatic carbocycles. The second-order valence-corrected chi connectivity index (χ2v) is 5.28. The summed E-state index contributed by atoms with van der Waals surface area (Å²) in [6.07, 6.45) is 1.62. The Hall–Kier alpha value is -1.06. The van der Waals surface area contributed by atoms with Gasteiger partial charge in [-0.2, -0.15) is 0 Å². The number of pyridine rings is 1. The summed E-state index contributed by atoms with van der Waals surface area (Å²) in [6, 6.07) is 8.11. The Morgan fingerprint density at radius 1 is 1.12 bits per heavy atom. The van der Waals surface area contributed by atoms with Gasteiger partial charge >= 0.3 is 0 Å². The van der Waals surface area contributed by atoms with Crippen molar-refractivity contribution in [3.63, 3.8) is 0 Å². The highest BCUT2D eigenvalue weighted by Gasteiger charge is 2.03. The number of benzene rings is 1. The van der Waals surface area contributed by atoms with Gasteiger partial charge in [-0.25, -0.2) is 4.98 Å². The van der Waals surface area contributed by atoms with Crippen LogP contribution in [0.15, 0.2) is 34.9 Å². The summed E-state index contributed by atoms with van der Waals surface area (Å²) in [4.78, 5) is 4.24. The van der Waals surface area contributed by atoms with Crippen molar-refractivity contribution in [2.45, 2.75) is 13.8 Å². The quantitative estimate of drug-likeness (QED) is 0.857. The first-order valence-electron chi connectivity index (χ1n) is 5.21. The molecule has 0 radical (unpaired) electrons. The highest BCUT2D eigenvalue weighted by molar-refractivity contribution is 9.10. The van der Waals surface area contributed by atoms with Crippen LogP contribution in [-0.2, 0) is 0 Å². The first kappa shape index (κ1) is 12.4. The summed E-state index contributed by atoms with van der Waals surface area (Å²) >= 11 is 9.28. The van der Waals surface area contributed by atoms with Crippen molar-refractivity contribution in [2.75, 3.05) is 5.32 Å². The molecular formula is C13H12BrClN2. The summed E-state index contributed by atoms with van der Waals surface area (Å²) in [5.41, 5.74) is 3.47. The fraction of sp³-hybridized carbons (Fsp3) is 0.154. The van der Waals surface area contributed by atoms with Crippen molar-refractivity contribution in [1.82, 2.24) is 4.98 Å². The largest absolute Gasteiger partial charge is 0.339 e. The van der Waals surface area contributed by atoms with Gasteiger partial charge in [0.2, 0.25) is 0 Å². The Labute approximate surface area is 114 Å². The summed E-state index contributed by atoms with van der Waals surface area (Å²) in [7, 11) is 0. The predicted octanol–water partition coefficient (Wildman–Crippen LogP) is 4.86. The van der Waals surface area contributed by atoms with Crippen molar-refractivity contribution < 1.29 is 0 Å². The zero-order chi connectivity index (χ0) is 12.4. The van der Waals surface area contributed by atoms with E-state index < -0.39 is 0 Å². The molecule has 0 aliphatic rings. The highest BCUT2D eigenvalue weighted by atomic mass is 79.9. The molecule has 0 unspecified atom stereocenters. The number of halogens is 2. The first-order valence-corrected chi connectivity index (χ1v) is 6.38. The van der Waals surface area contributed by atoms with Crippen LogP contribution >= 0.6 is 27.5 Å². The zero-order valence-corrected chi connectivity index (χ0v) is 11.9. The standard InChI is InChI=1S/C13H12BrClN2/c1-8-3-9(2)5-11(4-8)17-13-12(14)6-10(15)7-16-13/h3-7H,1-2H3,(H,16,17). The van der Waals surface area contributed by atoms with E-state index in [2.05, 4.69) is 58.3 Å². The van der Waals surface area contributed by atoms with E-state index in [1.165, 1.54) is 11.1 Å². The SMILES string of the molecule is Cc1cc(C)cc(Nc2ncc(Cl)cc2Br)c1. The maximum atomic E-state index is 5.85. The number of rotatable bonds is 2. The van der Waals surface area contributed by atoms with Gasteiger partial charge in [-0.05, 0) is 59.1 Å². The number of anilines is 2. The van der Waals surface area contributed by atoms with Crippen molar-refractivity contribution in [3.05, 3.63) is 51.1 Å². The Morgan fingerprint density at radius 2 is 1.76 bits per heavy atom. The van der Waals surface area contributed by atoms with Crippen molar-refractivity contribution in [1.29, 1.82) is 0 Å². The van der Waals surface area contributed by atoms with Gasteiger partial charge in [0, 0.05) is 11.9 Å². The van der Waals surface area contributed by atoms with Crippen LogP contribution in [0.5, 0.6) is 0 Å². The Balaban J connectivity index is 2.31. The van der Waals surface area contributed by atoms with Gasteiger partial charge in [0.25, 0.3) is 0 Å². The molecule has 0 atom stereocenters. The highest BCUT2D eigenvalue weighted by Crippen LogP contribution is 2.26. The van der Waals surface area contributed by atoms with E-state index in [0.29, 0.717) is 5.02 Å². The molecule has 0 aliphatic heterocycles. The van der Waals surface area contributed by atoms with Crippen LogP contribution in [-0.4, -0.2) is 4.98 Å². The van der Waals surface area contributed by atoms with Crippen molar-refractivity contribution >= 4 is 39.0 Å². The van der Waals surface area contributed by atoms with Gasteiger partial charge in [-0.3, -0.25) is 0 Å². The number of hydrogen-bond acceptors (Lipinski definition) is 2. The first-order chi connectivity index (χ1) is 8.04. The number of nitrogens with one attached hydrogen (secondary N) is 1. The predicted molar refractivity (Wildman–Crippen MR) is 76.1 cm³/mol. The molecule has 0 saturated carbocycles. The van der Waals surface area contributed by atoms with Crippen LogP contribution < -0.4 is 5.32 Å². The maximum absolute atomic E-state index is 5.85. The monoisotopic (exact) mass is 310 g/mol. The molecule has 2 rings (SSSR count). The molecule has 2 nitrogen and oxygen atoms in total. The molecule has 0 spiro atoms. The Morgan fingerprint density at radius 3 is 2.35 bits per heavy atom. The molecular weight excluding hydrogens is 300 g/mol. The van der Waals surface area contributed by atoms with Crippen molar-refractivity contribution in [3.8, 4) is 0 Å². The molecule has 2 aromatic rings. The summed E-state index contributed by atoms with van der Waals surface area (Å²) in [6.45, 7) is 4.14. The van der Waals surface area contributed by atoms with Gasteiger partial charge in [-0.1, -0.05) is 17.7 Å². The topological polar surface area (TPSA) is 24.9 Å². The van der Waals surface area contributed by atoms with E-state index in [4.69, 9.17) is 11.6 Å². The zero-order valence-electron chi connectivity index (χ0n) is 9.59. The van der Waals surface area contributed by atoms with Crippen LogP contribution in [0.25, 0.3) is 0 Å². The van der Waals surface area contributed by atoms with E-state index in [9.17, 15) is 0 Å². The van der Waals surface area contributed by atoms with E-state index >= 15 is 0 Å². The molecule has 88 valence electrons. The van der Waals surface area contributed by atoms with Gasteiger partial charge in [0.05, 0.1) is 9.50 Å². The van der Waals surface area contributed by atoms with Gasteiger partial charge in [0.15, 0.2) is 0 Å². The third kappa shape index (κ3) is 3.20. The van der Waals surface area contributed by atoms with Gasteiger partial charge < -0.3 is 5.32 Å².